The number of unbranched alkanes of at least 4 members (excludes halogenated alkanes) is 8. The lowest BCUT2D eigenvalue weighted by Gasteiger charge is -1.91. The van der Waals surface area contributed by atoms with E-state index in [9.17, 15) is 0 Å². The second-order valence-corrected chi connectivity index (χ2v) is 9.54. The monoisotopic (exact) mass is 406 g/mol. The molecule has 0 aliphatic carbocycles. The van der Waals surface area contributed by atoms with Crippen LogP contribution in [0.4, 0.5) is 0 Å². The maximum absolute atomic E-state index is 3.37. The molecule has 0 saturated heterocycles. The summed E-state index contributed by atoms with van der Waals surface area (Å²) in [5.74, 6) is 13.4. The molecule has 3 rings (SSSR count). The molecular weight excluding hydrogens is 376 g/mol. The number of hydrogen-bond acceptors (Lipinski definition) is 2. The molecule has 0 aliphatic rings. The molecule has 0 atom stereocenters. The summed E-state index contributed by atoms with van der Waals surface area (Å²) in [5, 5.41) is 2.63. The molecule has 0 nitrogen and oxygen atoms in total. The molecule has 0 aliphatic heterocycles. The van der Waals surface area contributed by atoms with E-state index in [2.05, 4.69) is 61.8 Å². The summed E-state index contributed by atoms with van der Waals surface area (Å²) >= 11 is 3.63. The van der Waals surface area contributed by atoms with Crippen LogP contribution in [-0.4, -0.2) is 0 Å². The molecule has 3 aromatic rings. The third-order valence-electron chi connectivity index (χ3n) is 4.89. The van der Waals surface area contributed by atoms with Crippen LogP contribution in [0.25, 0.3) is 20.2 Å². The maximum Gasteiger partial charge on any atom is 0.0781 e. The molecule has 28 heavy (non-hydrogen) atoms. The Morgan fingerprint density at radius 2 is 1.07 bits per heavy atom. The fourth-order valence-electron chi connectivity index (χ4n) is 3.27. The van der Waals surface area contributed by atoms with E-state index in [0.29, 0.717) is 0 Å². The molecule has 0 radical (unpaired) electrons. The minimum absolute atomic E-state index is 1.02. The first-order valence-electron chi connectivity index (χ1n) is 10.7. The number of thiophene rings is 2. The van der Waals surface area contributed by atoms with Crippen LogP contribution >= 0.6 is 22.7 Å². The first-order chi connectivity index (χ1) is 13.8. The van der Waals surface area contributed by atoms with Gasteiger partial charge in [0.1, 0.15) is 0 Å². The molecule has 2 aromatic heterocycles. The van der Waals surface area contributed by atoms with Gasteiger partial charge in [0.2, 0.25) is 0 Å². The van der Waals surface area contributed by atoms with Gasteiger partial charge in [0.25, 0.3) is 0 Å². The van der Waals surface area contributed by atoms with Crippen LogP contribution in [-0.2, 0) is 0 Å². The maximum atomic E-state index is 3.37. The Balaban J connectivity index is 1.64. The minimum Gasteiger partial charge on any atom is -0.127 e. The zero-order valence-electron chi connectivity index (χ0n) is 17.2. The molecule has 2 heterocycles. The van der Waals surface area contributed by atoms with E-state index in [-0.39, 0.29) is 0 Å². The fourth-order valence-corrected chi connectivity index (χ4v) is 5.21. The average Bonchev–Trinajstić information content (AvgIpc) is 3.27. The van der Waals surface area contributed by atoms with Gasteiger partial charge in [0, 0.05) is 22.2 Å². The van der Waals surface area contributed by atoms with E-state index in [4.69, 9.17) is 0 Å². The smallest absolute Gasteiger partial charge is 0.0781 e. The minimum atomic E-state index is 1.02. The van der Waals surface area contributed by atoms with Crippen molar-refractivity contribution in [2.24, 2.45) is 0 Å². The van der Waals surface area contributed by atoms with Gasteiger partial charge in [-0.05, 0) is 47.9 Å². The number of benzene rings is 1. The second kappa shape index (κ2) is 11.3. The van der Waals surface area contributed by atoms with Crippen molar-refractivity contribution in [1.29, 1.82) is 0 Å². The van der Waals surface area contributed by atoms with Crippen molar-refractivity contribution < 1.29 is 0 Å². The van der Waals surface area contributed by atoms with Crippen molar-refractivity contribution in [3.63, 3.8) is 0 Å². The largest absolute Gasteiger partial charge is 0.127 e. The summed E-state index contributed by atoms with van der Waals surface area (Å²) in [6.45, 7) is 4.50. The molecule has 1 aromatic carbocycles. The van der Waals surface area contributed by atoms with Gasteiger partial charge in [-0.15, -0.1) is 22.7 Å². The van der Waals surface area contributed by atoms with Crippen molar-refractivity contribution in [3.05, 3.63) is 34.0 Å². The third kappa shape index (κ3) is 6.13. The molecule has 0 saturated carbocycles. The van der Waals surface area contributed by atoms with Crippen molar-refractivity contribution >= 4 is 42.8 Å². The highest BCUT2D eigenvalue weighted by molar-refractivity contribution is 7.21. The Kier molecular flexibility index (Phi) is 8.47. The van der Waals surface area contributed by atoms with Crippen LogP contribution in [0.15, 0.2) is 24.3 Å². The summed E-state index contributed by atoms with van der Waals surface area (Å²) in [4.78, 5) is 2.38. The average molecular weight is 407 g/mol. The molecule has 0 bridgehead atoms. The molecule has 0 fully saturated rings. The predicted molar refractivity (Wildman–Crippen MR) is 128 cm³/mol. The SMILES string of the molecule is CCCCCCC#Cc1cc2cc3sc(C#CCCCCCC)cc3cc2s1. The molecule has 0 unspecified atom stereocenters. The standard InChI is InChI=1S/C26H30S2/c1-3-5-7-9-11-13-15-23-17-21-19-26-22(20-25(21)27-23)18-24(28-26)16-14-12-10-8-6-4-2/h17-20H,3-12H2,1-2H3. The summed E-state index contributed by atoms with van der Waals surface area (Å²) in [6, 6.07) is 9.12. The highest BCUT2D eigenvalue weighted by atomic mass is 32.1. The molecule has 0 amide bonds. The van der Waals surface area contributed by atoms with Crippen LogP contribution in [0.3, 0.4) is 0 Å². The lowest BCUT2D eigenvalue weighted by Crippen LogP contribution is -1.73. The van der Waals surface area contributed by atoms with Crippen LogP contribution in [0, 0.1) is 23.7 Å². The van der Waals surface area contributed by atoms with E-state index in [1.54, 1.807) is 0 Å². The van der Waals surface area contributed by atoms with E-state index in [1.165, 1.54) is 81.3 Å². The second-order valence-electron chi connectivity index (χ2n) is 7.37. The van der Waals surface area contributed by atoms with Crippen LogP contribution in [0.5, 0.6) is 0 Å². The first-order valence-corrected chi connectivity index (χ1v) is 12.4. The first kappa shape index (κ1) is 21.0. The van der Waals surface area contributed by atoms with E-state index >= 15 is 0 Å². The van der Waals surface area contributed by atoms with Gasteiger partial charge in [-0.25, -0.2) is 0 Å². The van der Waals surface area contributed by atoms with Gasteiger partial charge in [0.15, 0.2) is 0 Å². The molecular formula is C26H30S2. The lowest BCUT2D eigenvalue weighted by molar-refractivity contribution is 0.679. The lowest BCUT2D eigenvalue weighted by atomic mass is 10.1. The van der Waals surface area contributed by atoms with Gasteiger partial charge in [-0.1, -0.05) is 76.1 Å². The number of hydrogen-bond donors (Lipinski definition) is 0. The summed E-state index contributed by atoms with van der Waals surface area (Å²) < 4.78 is 2.67. The van der Waals surface area contributed by atoms with Crippen molar-refractivity contribution in [3.8, 4) is 23.7 Å². The highest BCUT2D eigenvalue weighted by Crippen LogP contribution is 2.33. The van der Waals surface area contributed by atoms with Gasteiger partial charge in [0.05, 0.1) is 9.75 Å². The van der Waals surface area contributed by atoms with Crippen molar-refractivity contribution in [2.45, 2.75) is 78.1 Å². The molecule has 0 N–H and O–H groups in total. The summed E-state index contributed by atoms with van der Waals surface area (Å²) in [6.07, 6.45) is 12.3. The Hall–Kier alpha value is -1.74. The summed E-state index contributed by atoms with van der Waals surface area (Å²) in [7, 11) is 0. The highest BCUT2D eigenvalue weighted by Gasteiger charge is 2.05. The normalized spacial score (nSPS) is 10.6. The van der Waals surface area contributed by atoms with Crippen LogP contribution in [0.2, 0.25) is 0 Å². The quantitative estimate of drug-likeness (QED) is 0.259. The van der Waals surface area contributed by atoms with Gasteiger partial charge >= 0.3 is 0 Å². The summed E-state index contributed by atoms with van der Waals surface area (Å²) in [5.41, 5.74) is 0. The number of rotatable bonds is 8. The molecule has 146 valence electrons. The third-order valence-corrected chi connectivity index (χ3v) is 6.92. The van der Waals surface area contributed by atoms with Gasteiger partial charge < -0.3 is 0 Å². The Labute approximate surface area is 178 Å². The van der Waals surface area contributed by atoms with Crippen LogP contribution < -0.4 is 0 Å². The van der Waals surface area contributed by atoms with Crippen molar-refractivity contribution in [2.75, 3.05) is 0 Å². The molecule has 2 heteroatoms. The van der Waals surface area contributed by atoms with Crippen LogP contribution in [0.1, 0.15) is 87.8 Å². The van der Waals surface area contributed by atoms with E-state index in [0.717, 1.165) is 12.8 Å². The predicted octanol–water partition coefficient (Wildman–Crippen LogP) is 8.76. The van der Waals surface area contributed by atoms with Crippen molar-refractivity contribution in [1.82, 2.24) is 0 Å². The fraction of sp³-hybridized carbons (Fsp3) is 0.462. The van der Waals surface area contributed by atoms with E-state index < -0.39 is 0 Å². The van der Waals surface area contributed by atoms with E-state index in [1.807, 2.05) is 22.7 Å². The Morgan fingerprint density at radius 3 is 1.50 bits per heavy atom. The molecule has 0 spiro atoms. The van der Waals surface area contributed by atoms with Gasteiger partial charge in [-0.2, -0.15) is 0 Å². The van der Waals surface area contributed by atoms with Gasteiger partial charge in [-0.3, -0.25) is 0 Å². The number of fused-ring (bicyclic) bond motifs is 2. The Bertz CT molecular complexity index is 880. The zero-order valence-corrected chi connectivity index (χ0v) is 18.8. The zero-order chi connectivity index (χ0) is 19.6. The topological polar surface area (TPSA) is 0 Å². The Morgan fingerprint density at radius 1 is 0.607 bits per heavy atom.